The number of hydrogen-bond donors (Lipinski definition) is 2. The van der Waals surface area contributed by atoms with E-state index in [0.717, 1.165) is 5.69 Å². The number of benzene rings is 1. The van der Waals surface area contributed by atoms with Gasteiger partial charge in [-0.05, 0) is 25.1 Å². The lowest BCUT2D eigenvalue weighted by atomic mass is 10.1. The number of aromatic nitrogens is 2. The molecule has 2 N–H and O–H groups in total. The Labute approximate surface area is 121 Å². The van der Waals surface area contributed by atoms with Crippen LogP contribution in [0.5, 0.6) is 0 Å². The lowest BCUT2D eigenvalue weighted by Gasteiger charge is -2.10. The Kier molecular flexibility index (Phi) is 4.57. The van der Waals surface area contributed by atoms with Gasteiger partial charge in [-0.2, -0.15) is 4.98 Å². The third-order valence-electron chi connectivity index (χ3n) is 2.57. The van der Waals surface area contributed by atoms with Crippen molar-refractivity contribution in [3.63, 3.8) is 0 Å². The molecule has 0 fully saturated rings. The van der Waals surface area contributed by atoms with Crippen molar-refractivity contribution in [2.75, 3.05) is 11.9 Å². The molecule has 1 aromatic heterocycles. The van der Waals surface area contributed by atoms with Crippen molar-refractivity contribution < 1.29 is 9.32 Å². The zero-order chi connectivity index (χ0) is 14.5. The second-order valence-corrected chi connectivity index (χ2v) is 4.57. The molecule has 1 aromatic carbocycles. The minimum absolute atomic E-state index is 0.203. The van der Waals surface area contributed by atoms with Gasteiger partial charge in [-0.3, -0.25) is 4.79 Å². The molecule has 7 heteroatoms. The molecule has 0 atom stereocenters. The molecular formula is C13H15ClN4O2. The Morgan fingerprint density at radius 1 is 1.45 bits per heavy atom. The SMILES string of the molecule is CCNc1ccc(Cl)cc1C(=O)NCc1noc(C)n1. The van der Waals surface area contributed by atoms with E-state index in [1.54, 1.807) is 25.1 Å². The van der Waals surface area contributed by atoms with Gasteiger partial charge in [-0.1, -0.05) is 16.8 Å². The Balaban J connectivity index is 2.09. The highest BCUT2D eigenvalue weighted by atomic mass is 35.5. The molecule has 0 saturated carbocycles. The molecule has 0 aliphatic carbocycles. The Morgan fingerprint density at radius 2 is 2.25 bits per heavy atom. The number of amides is 1. The van der Waals surface area contributed by atoms with Crippen molar-refractivity contribution in [2.45, 2.75) is 20.4 Å². The minimum Gasteiger partial charge on any atom is -0.385 e. The smallest absolute Gasteiger partial charge is 0.253 e. The van der Waals surface area contributed by atoms with E-state index in [1.807, 2.05) is 6.92 Å². The van der Waals surface area contributed by atoms with E-state index >= 15 is 0 Å². The zero-order valence-corrected chi connectivity index (χ0v) is 12.0. The summed E-state index contributed by atoms with van der Waals surface area (Å²) in [5.41, 5.74) is 1.22. The van der Waals surface area contributed by atoms with Gasteiger partial charge >= 0.3 is 0 Å². The number of nitrogens with zero attached hydrogens (tertiary/aromatic N) is 2. The number of hydrogen-bond acceptors (Lipinski definition) is 5. The summed E-state index contributed by atoms with van der Waals surface area (Å²) in [5, 5.41) is 10.1. The molecule has 0 aliphatic rings. The van der Waals surface area contributed by atoms with E-state index in [2.05, 4.69) is 20.8 Å². The highest BCUT2D eigenvalue weighted by Crippen LogP contribution is 2.20. The van der Waals surface area contributed by atoms with E-state index in [4.69, 9.17) is 16.1 Å². The Morgan fingerprint density at radius 3 is 2.90 bits per heavy atom. The van der Waals surface area contributed by atoms with Crippen LogP contribution in [0.3, 0.4) is 0 Å². The number of nitrogens with one attached hydrogen (secondary N) is 2. The molecule has 106 valence electrons. The quantitative estimate of drug-likeness (QED) is 0.885. The van der Waals surface area contributed by atoms with Crippen LogP contribution in [0.2, 0.25) is 5.02 Å². The van der Waals surface area contributed by atoms with Crippen LogP contribution in [0.4, 0.5) is 5.69 Å². The molecule has 1 amide bonds. The summed E-state index contributed by atoms with van der Waals surface area (Å²) in [6.07, 6.45) is 0. The normalized spacial score (nSPS) is 10.3. The van der Waals surface area contributed by atoms with Crippen LogP contribution in [0.25, 0.3) is 0 Å². The first-order valence-corrected chi connectivity index (χ1v) is 6.58. The van der Waals surface area contributed by atoms with Crippen LogP contribution in [0, 0.1) is 6.92 Å². The van der Waals surface area contributed by atoms with Crippen LogP contribution in [-0.2, 0) is 6.54 Å². The van der Waals surface area contributed by atoms with Gasteiger partial charge in [0, 0.05) is 24.2 Å². The highest BCUT2D eigenvalue weighted by Gasteiger charge is 2.13. The first-order valence-electron chi connectivity index (χ1n) is 6.21. The van der Waals surface area contributed by atoms with Gasteiger partial charge in [0.25, 0.3) is 5.91 Å². The topological polar surface area (TPSA) is 80.0 Å². The van der Waals surface area contributed by atoms with Crippen LogP contribution >= 0.6 is 11.6 Å². The fraction of sp³-hybridized carbons (Fsp3) is 0.308. The average Bonchev–Trinajstić information content (AvgIpc) is 2.84. The molecule has 20 heavy (non-hydrogen) atoms. The molecule has 1 heterocycles. The van der Waals surface area contributed by atoms with Gasteiger partial charge in [0.05, 0.1) is 12.1 Å². The predicted octanol–water partition coefficient (Wildman–Crippen LogP) is 2.39. The van der Waals surface area contributed by atoms with Crippen molar-refractivity contribution in [2.24, 2.45) is 0 Å². The molecule has 0 saturated heterocycles. The largest absolute Gasteiger partial charge is 0.385 e. The monoisotopic (exact) mass is 294 g/mol. The molecule has 0 aliphatic heterocycles. The molecule has 0 spiro atoms. The number of rotatable bonds is 5. The second-order valence-electron chi connectivity index (χ2n) is 4.13. The van der Waals surface area contributed by atoms with E-state index in [0.29, 0.717) is 28.8 Å². The summed E-state index contributed by atoms with van der Waals surface area (Å²) in [6.45, 7) is 4.57. The molecule has 0 unspecified atom stereocenters. The fourth-order valence-electron chi connectivity index (χ4n) is 1.72. The lowest BCUT2D eigenvalue weighted by Crippen LogP contribution is -2.24. The summed E-state index contributed by atoms with van der Waals surface area (Å²) in [7, 11) is 0. The first-order chi connectivity index (χ1) is 9.60. The molecule has 6 nitrogen and oxygen atoms in total. The van der Waals surface area contributed by atoms with E-state index in [1.165, 1.54) is 0 Å². The Hall–Kier alpha value is -2.08. The van der Waals surface area contributed by atoms with Crippen LogP contribution < -0.4 is 10.6 Å². The molecule has 2 aromatic rings. The molecule has 0 bridgehead atoms. The van der Waals surface area contributed by atoms with Gasteiger partial charge in [0.2, 0.25) is 5.89 Å². The van der Waals surface area contributed by atoms with Gasteiger partial charge < -0.3 is 15.2 Å². The number of carbonyl (C=O) groups is 1. The summed E-state index contributed by atoms with van der Waals surface area (Å²) in [5.74, 6) is 0.652. The minimum atomic E-state index is -0.245. The predicted molar refractivity (Wildman–Crippen MR) is 75.8 cm³/mol. The van der Waals surface area contributed by atoms with Crippen molar-refractivity contribution in [3.8, 4) is 0 Å². The third-order valence-corrected chi connectivity index (χ3v) is 2.81. The van der Waals surface area contributed by atoms with Gasteiger partial charge in [0.1, 0.15) is 0 Å². The molecular weight excluding hydrogens is 280 g/mol. The summed E-state index contributed by atoms with van der Waals surface area (Å²) in [6, 6.07) is 5.13. The van der Waals surface area contributed by atoms with Gasteiger partial charge in [-0.15, -0.1) is 0 Å². The molecule has 2 rings (SSSR count). The second kappa shape index (κ2) is 6.38. The number of carbonyl (C=O) groups excluding carboxylic acids is 1. The summed E-state index contributed by atoms with van der Waals surface area (Å²) in [4.78, 5) is 16.2. The number of halogens is 1. The van der Waals surface area contributed by atoms with Crippen molar-refractivity contribution in [1.82, 2.24) is 15.5 Å². The number of aryl methyl sites for hydroxylation is 1. The maximum Gasteiger partial charge on any atom is 0.253 e. The van der Waals surface area contributed by atoms with Crippen molar-refractivity contribution in [3.05, 3.63) is 40.5 Å². The zero-order valence-electron chi connectivity index (χ0n) is 11.2. The number of anilines is 1. The fourth-order valence-corrected chi connectivity index (χ4v) is 1.89. The standard InChI is InChI=1S/C13H15ClN4O2/c1-3-15-11-5-4-9(14)6-10(11)13(19)16-7-12-17-8(2)20-18-12/h4-6,15H,3,7H2,1-2H3,(H,16,19). The van der Waals surface area contributed by atoms with Crippen LogP contribution in [-0.4, -0.2) is 22.6 Å². The summed E-state index contributed by atoms with van der Waals surface area (Å²) >= 11 is 5.93. The van der Waals surface area contributed by atoms with Crippen LogP contribution in [0.1, 0.15) is 29.0 Å². The van der Waals surface area contributed by atoms with Crippen molar-refractivity contribution in [1.29, 1.82) is 0 Å². The van der Waals surface area contributed by atoms with Gasteiger partial charge in [0.15, 0.2) is 5.82 Å². The third kappa shape index (κ3) is 3.48. The van der Waals surface area contributed by atoms with Crippen molar-refractivity contribution >= 4 is 23.2 Å². The Bertz CT molecular complexity index is 612. The van der Waals surface area contributed by atoms with E-state index in [9.17, 15) is 4.79 Å². The summed E-state index contributed by atoms with van der Waals surface area (Å²) < 4.78 is 4.84. The molecule has 0 radical (unpaired) electrons. The first kappa shape index (κ1) is 14.3. The van der Waals surface area contributed by atoms with Crippen LogP contribution in [0.15, 0.2) is 22.7 Å². The maximum atomic E-state index is 12.2. The average molecular weight is 295 g/mol. The van der Waals surface area contributed by atoms with E-state index in [-0.39, 0.29) is 12.5 Å². The highest BCUT2D eigenvalue weighted by molar-refractivity contribution is 6.31. The lowest BCUT2D eigenvalue weighted by molar-refractivity contribution is 0.0950. The maximum absolute atomic E-state index is 12.2. The van der Waals surface area contributed by atoms with Gasteiger partial charge in [-0.25, -0.2) is 0 Å². The van der Waals surface area contributed by atoms with E-state index < -0.39 is 0 Å².